The molecule has 4 nitrogen and oxygen atoms in total. The van der Waals surface area contributed by atoms with Crippen LogP contribution < -0.4 is 5.14 Å². The van der Waals surface area contributed by atoms with Crippen LogP contribution in [0, 0.1) is 0 Å². The highest BCUT2D eigenvalue weighted by atomic mass is 35.5. The van der Waals surface area contributed by atoms with Crippen LogP contribution in [0.5, 0.6) is 0 Å². The number of halogens is 1. The maximum Gasteiger partial charge on any atom is 0.292 e. The van der Waals surface area contributed by atoms with E-state index in [1.165, 1.54) is 22.8 Å². The van der Waals surface area contributed by atoms with Gasteiger partial charge in [-0.1, -0.05) is 0 Å². The van der Waals surface area contributed by atoms with Gasteiger partial charge in [0.25, 0.3) is 15.1 Å². The zero-order valence-corrected chi connectivity index (χ0v) is 8.21. The largest absolute Gasteiger partial charge is 0.292 e. The van der Waals surface area contributed by atoms with Crippen LogP contribution in [-0.4, -0.2) is 13.5 Å². The lowest BCUT2D eigenvalue weighted by Crippen LogP contribution is -2.22. The van der Waals surface area contributed by atoms with E-state index in [2.05, 4.69) is 5.14 Å². The van der Waals surface area contributed by atoms with Gasteiger partial charge >= 0.3 is 0 Å². The fraction of sp³-hybridized carbons (Fsp3) is 0. The highest BCUT2D eigenvalue weighted by Gasteiger charge is 2.18. The first-order valence-electron chi connectivity index (χ1n) is 2.61. The molecular formula is C5H6ClNO3S2. The molecule has 0 atom stereocenters. The Morgan fingerprint density at radius 2 is 2.08 bits per heavy atom. The minimum Gasteiger partial charge on any atom is -0.274 e. The molecule has 0 aliphatic heterocycles. The van der Waals surface area contributed by atoms with Crippen molar-refractivity contribution in [3.8, 4) is 0 Å². The summed E-state index contributed by atoms with van der Waals surface area (Å²) in [6, 6.07) is 1.41. The number of sulfonamides is 1. The zero-order valence-electron chi connectivity index (χ0n) is 5.76. The summed E-state index contributed by atoms with van der Waals surface area (Å²) in [4.78, 5) is 10.8. The lowest BCUT2D eigenvalue weighted by Gasteiger charge is -1.90. The van der Waals surface area contributed by atoms with Gasteiger partial charge in [-0.15, -0.1) is 12.4 Å². The SMILES string of the molecule is Cl.NS(=O)(=O)C(=O)c1ccsc1. The molecule has 7 heteroatoms. The quantitative estimate of drug-likeness (QED) is 0.763. The van der Waals surface area contributed by atoms with Gasteiger partial charge in [0.15, 0.2) is 0 Å². The van der Waals surface area contributed by atoms with Gasteiger partial charge in [0, 0.05) is 10.9 Å². The molecule has 0 unspecified atom stereocenters. The molecule has 0 spiro atoms. The van der Waals surface area contributed by atoms with Crippen LogP contribution in [0.2, 0.25) is 0 Å². The molecular weight excluding hydrogens is 222 g/mol. The second kappa shape index (κ2) is 3.99. The molecule has 0 amide bonds. The molecule has 0 aliphatic carbocycles. The van der Waals surface area contributed by atoms with E-state index in [9.17, 15) is 13.2 Å². The van der Waals surface area contributed by atoms with E-state index in [0.717, 1.165) is 0 Å². The molecule has 12 heavy (non-hydrogen) atoms. The normalized spacial score (nSPS) is 10.4. The van der Waals surface area contributed by atoms with Crippen molar-refractivity contribution in [1.82, 2.24) is 0 Å². The molecule has 1 heterocycles. The number of carbonyl (C=O) groups is 1. The average molecular weight is 228 g/mol. The van der Waals surface area contributed by atoms with Crippen LogP contribution in [0.15, 0.2) is 16.8 Å². The number of hydrogen-bond acceptors (Lipinski definition) is 4. The fourth-order valence-electron chi connectivity index (χ4n) is 0.545. The molecule has 1 aromatic rings. The molecule has 0 radical (unpaired) electrons. The molecule has 0 fully saturated rings. The summed E-state index contributed by atoms with van der Waals surface area (Å²) < 4.78 is 20.9. The summed E-state index contributed by atoms with van der Waals surface area (Å²) in [7, 11) is -4.06. The van der Waals surface area contributed by atoms with Crippen molar-refractivity contribution in [2.45, 2.75) is 0 Å². The van der Waals surface area contributed by atoms with Crippen molar-refractivity contribution >= 4 is 38.9 Å². The molecule has 2 N–H and O–H groups in total. The van der Waals surface area contributed by atoms with Crippen molar-refractivity contribution in [3.63, 3.8) is 0 Å². The Balaban J connectivity index is 0.00000121. The molecule has 68 valence electrons. The van der Waals surface area contributed by atoms with Crippen molar-refractivity contribution in [3.05, 3.63) is 22.4 Å². The Kier molecular flexibility index (Phi) is 3.85. The number of hydrogen-bond donors (Lipinski definition) is 1. The van der Waals surface area contributed by atoms with E-state index in [-0.39, 0.29) is 18.0 Å². The first-order valence-corrected chi connectivity index (χ1v) is 5.10. The molecule has 1 aromatic heterocycles. The van der Waals surface area contributed by atoms with Crippen LogP contribution in [0.3, 0.4) is 0 Å². The average Bonchev–Trinajstić information content (AvgIpc) is 2.34. The molecule has 0 aliphatic rings. The van der Waals surface area contributed by atoms with Gasteiger partial charge in [-0.05, 0) is 11.4 Å². The van der Waals surface area contributed by atoms with Crippen molar-refractivity contribution in [2.24, 2.45) is 5.14 Å². The van der Waals surface area contributed by atoms with Crippen LogP contribution in [0.4, 0.5) is 0 Å². The first kappa shape index (κ1) is 11.6. The van der Waals surface area contributed by atoms with Gasteiger partial charge in [-0.2, -0.15) is 11.3 Å². The maximum atomic E-state index is 10.8. The van der Waals surface area contributed by atoms with E-state index < -0.39 is 15.1 Å². The molecule has 0 saturated carbocycles. The molecule has 0 bridgehead atoms. The Labute approximate surface area is 79.9 Å². The minimum absolute atomic E-state index is 0. The summed E-state index contributed by atoms with van der Waals surface area (Å²) in [6.45, 7) is 0. The highest BCUT2D eigenvalue weighted by Crippen LogP contribution is 2.08. The van der Waals surface area contributed by atoms with Crippen LogP contribution in [0.25, 0.3) is 0 Å². The second-order valence-electron chi connectivity index (χ2n) is 1.84. The monoisotopic (exact) mass is 227 g/mol. The van der Waals surface area contributed by atoms with E-state index in [4.69, 9.17) is 0 Å². The van der Waals surface area contributed by atoms with Crippen LogP contribution >= 0.6 is 23.7 Å². The Bertz CT molecular complexity index is 356. The number of primary sulfonamides is 1. The minimum atomic E-state index is -4.06. The first-order chi connectivity index (χ1) is 5.02. The van der Waals surface area contributed by atoms with E-state index in [1.54, 1.807) is 5.38 Å². The summed E-state index contributed by atoms with van der Waals surface area (Å²) in [5.41, 5.74) is 0.123. The molecule has 0 aromatic carbocycles. The van der Waals surface area contributed by atoms with Gasteiger partial charge in [0.2, 0.25) is 0 Å². The van der Waals surface area contributed by atoms with E-state index >= 15 is 0 Å². The molecule has 0 saturated heterocycles. The third-order valence-electron chi connectivity index (χ3n) is 1.02. The van der Waals surface area contributed by atoms with Crippen molar-refractivity contribution in [2.75, 3.05) is 0 Å². The van der Waals surface area contributed by atoms with Gasteiger partial charge in [-0.3, -0.25) is 4.79 Å². The van der Waals surface area contributed by atoms with E-state index in [0.29, 0.717) is 0 Å². The van der Waals surface area contributed by atoms with Gasteiger partial charge in [0.05, 0.1) is 0 Å². The standard InChI is InChI=1S/C5H5NO3S2.ClH/c6-11(8,9)5(7)4-1-2-10-3-4;/h1-3H,(H2,6,8,9);1H. The predicted octanol–water partition coefficient (Wildman–Crippen LogP) is 0.599. The number of rotatable bonds is 1. The number of carbonyl (C=O) groups excluding carboxylic acids is 1. The Morgan fingerprint density at radius 3 is 2.42 bits per heavy atom. The van der Waals surface area contributed by atoms with Gasteiger partial charge in [-0.25, -0.2) is 13.6 Å². The third kappa shape index (κ3) is 2.56. The second-order valence-corrected chi connectivity index (χ2v) is 4.09. The van der Waals surface area contributed by atoms with Crippen LogP contribution in [-0.2, 0) is 10.0 Å². The Hall–Kier alpha value is -0.430. The zero-order chi connectivity index (χ0) is 8.48. The fourth-order valence-corrected chi connectivity index (χ4v) is 1.71. The van der Waals surface area contributed by atoms with Crippen LogP contribution in [0.1, 0.15) is 10.4 Å². The summed E-state index contributed by atoms with van der Waals surface area (Å²) >= 11 is 1.24. The van der Waals surface area contributed by atoms with Gasteiger partial charge < -0.3 is 0 Å². The lowest BCUT2D eigenvalue weighted by molar-refractivity contribution is 0.107. The lowest BCUT2D eigenvalue weighted by atomic mass is 10.4. The van der Waals surface area contributed by atoms with E-state index in [1.807, 2.05) is 0 Å². The summed E-state index contributed by atoms with van der Waals surface area (Å²) in [5, 5.41) is 6.62. The molecule has 1 rings (SSSR count). The maximum absolute atomic E-state index is 10.8. The number of thiophene rings is 1. The summed E-state index contributed by atoms with van der Waals surface area (Å²) in [6.07, 6.45) is 0. The van der Waals surface area contributed by atoms with Crippen molar-refractivity contribution < 1.29 is 13.2 Å². The third-order valence-corrected chi connectivity index (χ3v) is 2.45. The number of nitrogens with two attached hydrogens (primary N) is 1. The topological polar surface area (TPSA) is 77.2 Å². The predicted molar refractivity (Wildman–Crippen MR) is 49.0 cm³/mol. The van der Waals surface area contributed by atoms with Gasteiger partial charge in [0.1, 0.15) is 0 Å². The smallest absolute Gasteiger partial charge is 0.274 e. The van der Waals surface area contributed by atoms with Crippen molar-refractivity contribution in [1.29, 1.82) is 0 Å². The summed E-state index contributed by atoms with van der Waals surface area (Å²) in [5.74, 6) is 0. The highest BCUT2D eigenvalue weighted by molar-refractivity contribution is 8.04. The Morgan fingerprint density at radius 1 is 1.50 bits per heavy atom.